The number of rotatable bonds is 7. The third-order valence-electron chi connectivity index (χ3n) is 6.12. The van der Waals surface area contributed by atoms with E-state index >= 15 is 0 Å². The van der Waals surface area contributed by atoms with E-state index < -0.39 is 61.2 Å². The summed E-state index contributed by atoms with van der Waals surface area (Å²) in [7, 11) is 0. The molecule has 0 bridgehead atoms. The van der Waals surface area contributed by atoms with Crippen molar-refractivity contribution in [1.29, 1.82) is 0 Å². The number of carbonyl (C=O) groups excluding carboxylic acids is 4. The zero-order chi connectivity index (χ0) is 27.2. The van der Waals surface area contributed by atoms with Crippen LogP contribution in [0, 0.1) is 0 Å². The van der Waals surface area contributed by atoms with Gasteiger partial charge in [-0.05, 0) is 36.4 Å². The molecule has 0 N–H and O–H groups in total. The van der Waals surface area contributed by atoms with Crippen LogP contribution in [0.1, 0.15) is 31.1 Å². The molecule has 10 nitrogen and oxygen atoms in total. The number of ether oxygens (including phenoxy) is 6. The molecular formula is C29H24O10. The first-order valence-electron chi connectivity index (χ1n) is 12.2. The quantitative estimate of drug-likeness (QED) is 0.331. The lowest BCUT2D eigenvalue weighted by atomic mass is 9.97. The number of fused-ring (bicyclic) bond motifs is 1. The molecule has 5 atom stereocenters. The Morgan fingerprint density at radius 2 is 1.18 bits per heavy atom. The third kappa shape index (κ3) is 6.14. The molecule has 0 saturated carbocycles. The van der Waals surface area contributed by atoms with Gasteiger partial charge in [-0.1, -0.05) is 54.6 Å². The number of hydrogen-bond donors (Lipinski definition) is 0. The first kappa shape index (κ1) is 26.1. The van der Waals surface area contributed by atoms with Crippen LogP contribution in [0.25, 0.3) is 0 Å². The highest BCUT2D eigenvalue weighted by Gasteiger charge is 2.55. The molecule has 2 aliphatic rings. The van der Waals surface area contributed by atoms with Crippen LogP contribution in [0.5, 0.6) is 0 Å². The molecule has 2 aliphatic heterocycles. The van der Waals surface area contributed by atoms with E-state index in [-0.39, 0.29) is 17.7 Å². The minimum Gasteiger partial charge on any atom is -0.459 e. The van der Waals surface area contributed by atoms with Gasteiger partial charge < -0.3 is 28.4 Å². The molecule has 0 spiro atoms. The Morgan fingerprint density at radius 3 is 1.72 bits per heavy atom. The summed E-state index contributed by atoms with van der Waals surface area (Å²) in [5.74, 6) is -2.83. The van der Waals surface area contributed by atoms with Crippen molar-refractivity contribution in [3.8, 4) is 0 Å². The van der Waals surface area contributed by atoms with Crippen molar-refractivity contribution in [2.75, 3.05) is 13.2 Å². The average Bonchev–Trinajstić information content (AvgIpc) is 2.98. The van der Waals surface area contributed by atoms with Crippen molar-refractivity contribution in [3.05, 3.63) is 108 Å². The van der Waals surface area contributed by atoms with Gasteiger partial charge in [-0.25, -0.2) is 19.2 Å². The predicted octanol–water partition coefficient (Wildman–Crippen LogP) is 2.96. The van der Waals surface area contributed by atoms with Crippen molar-refractivity contribution in [2.24, 2.45) is 0 Å². The molecule has 10 heteroatoms. The maximum Gasteiger partial charge on any atom is 0.338 e. The van der Waals surface area contributed by atoms with Gasteiger partial charge in [-0.3, -0.25) is 0 Å². The highest BCUT2D eigenvalue weighted by molar-refractivity contribution is 5.91. The average molecular weight is 533 g/mol. The van der Waals surface area contributed by atoms with Crippen LogP contribution >= 0.6 is 0 Å². The van der Waals surface area contributed by atoms with Crippen LogP contribution in [0.3, 0.4) is 0 Å². The second-order valence-corrected chi connectivity index (χ2v) is 8.74. The molecule has 2 saturated heterocycles. The molecule has 200 valence electrons. The second kappa shape index (κ2) is 11.9. The minimum absolute atomic E-state index is 0.226. The van der Waals surface area contributed by atoms with Gasteiger partial charge in [0, 0.05) is 0 Å². The predicted molar refractivity (Wildman–Crippen MR) is 133 cm³/mol. The maximum absolute atomic E-state index is 13.1. The van der Waals surface area contributed by atoms with Gasteiger partial charge >= 0.3 is 23.9 Å². The number of esters is 4. The van der Waals surface area contributed by atoms with E-state index in [2.05, 4.69) is 0 Å². The van der Waals surface area contributed by atoms with E-state index in [9.17, 15) is 19.2 Å². The SMILES string of the molecule is O=C1CO[C@H]2O[C@H](COC(=O)c3ccccc3)[C@@H](OC(=O)c3ccccc3)[C@H](OC(=O)c3ccccc3)[C@H]2O1. The Balaban J connectivity index is 1.44. The smallest absolute Gasteiger partial charge is 0.338 e. The van der Waals surface area contributed by atoms with Crippen molar-refractivity contribution in [3.63, 3.8) is 0 Å². The fraction of sp³-hybridized carbons (Fsp3) is 0.241. The van der Waals surface area contributed by atoms with Gasteiger partial charge in [0.2, 0.25) is 0 Å². The lowest BCUT2D eigenvalue weighted by Gasteiger charge is -2.45. The van der Waals surface area contributed by atoms with Crippen molar-refractivity contribution < 1.29 is 47.6 Å². The Hall–Kier alpha value is -4.54. The first-order chi connectivity index (χ1) is 19.0. The summed E-state index contributed by atoms with van der Waals surface area (Å²) < 4.78 is 33.9. The van der Waals surface area contributed by atoms with E-state index in [1.165, 1.54) is 0 Å². The molecule has 3 aromatic rings. The number of hydrogen-bond acceptors (Lipinski definition) is 10. The molecule has 2 fully saturated rings. The van der Waals surface area contributed by atoms with Crippen LogP contribution in [-0.4, -0.2) is 67.8 Å². The van der Waals surface area contributed by atoms with E-state index in [1.54, 1.807) is 91.0 Å². The minimum atomic E-state index is -1.34. The molecular weight excluding hydrogens is 508 g/mol. The Kier molecular flexibility index (Phi) is 7.95. The Bertz CT molecular complexity index is 1310. The Morgan fingerprint density at radius 1 is 0.692 bits per heavy atom. The molecule has 39 heavy (non-hydrogen) atoms. The summed E-state index contributed by atoms with van der Waals surface area (Å²) in [5, 5.41) is 0. The Labute approximate surface area is 223 Å². The second-order valence-electron chi connectivity index (χ2n) is 8.74. The number of benzene rings is 3. The summed E-state index contributed by atoms with van der Waals surface area (Å²) >= 11 is 0. The summed E-state index contributed by atoms with van der Waals surface area (Å²) in [5.41, 5.74) is 0.757. The summed E-state index contributed by atoms with van der Waals surface area (Å²) in [4.78, 5) is 50.9. The van der Waals surface area contributed by atoms with E-state index in [4.69, 9.17) is 28.4 Å². The maximum atomic E-state index is 13.1. The lowest BCUT2D eigenvalue weighted by molar-refractivity contribution is -0.318. The first-order valence-corrected chi connectivity index (χ1v) is 12.2. The van der Waals surface area contributed by atoms with Gasteiger partial charge in [0.15, 0.2) is 24.6 Å². The standard InChI is InChI=1S/C29H24O10/c30-22-17-35-29-25(37-22)24(39-28(33)20-14-8-3-9-15-20)23(38-27(32)19-12-6-2-7-13-19)21(36-29)16-34-26(31)18-10-4-1-5-11-18/h1-15,21,23-25,29H,16-17H2/t21-,23-,24+,25-,29+/m1/s1. The molecule has 0 amide bonds. The van der Waals surface area contributed by atoms with E-state index in [1.807, 2.05) is 0 Å². The monoisotopic (exact) mass is 532 g/mol. The fourth-order valence-electron chi connectivity index (χ4n) is 4.23. The molecule has 0 aliphatic carbocycles. The molecule has 0 radical (unpaired) electrons. The summed E-state index contributed by atoms with van der Waals surface area (Å²) in [6.07, 6.45) is -6.20. The van der Waals surface area contributed by atoms with Crippen molar-refractivity contribution in [1.82, 2.24) is 0 Å². The largest absolute Gasteiger partial charge is 0.459 e. The van der Waals surface area contributed by atoms with Crippen molar-refractivity contribution in [2.45, 2.75) is 30.7 Å². The van der Waals surface area contributed by atoms with E-state index in [0.717, 1.165) is 0 Å². The zero-order valence-electron chi connectivity index (χ0n) is 20.5. The fourth-order valence-corrected chi connectivity index (χ4v) is 4.23. The van der Waals surface area contributed by atoms with Crippen LogP contribution in [0.4, 0.5) is 0 Å². The molecule has 0 aromatic heterocycles. The van der Waals surface area contributed by atoms with E-state index in [0.29, 0.717) is 5.56 Å². The van der Waals surface area contributed by atoms with Crippen LogP contribution in [-0.2, 0) is 33.2 Å². The molecule has 0 unspecified atom stereocenters. The molecule has 3 aromatic carbocycles. The van der Waals surface area contributed by atoms with Crippen LogP contribution in [0.15, 0.2) is 91.0 Å². The third-order valence-corrected chi connectivity index (χ3v) is 6.12. The van der Waals surface area contributed by atoms with Gasteiger partial charge in [0.1, 0.15) is 19.3 Å². The topological polar surface area (TPSA) is 124 Å². The normalized spacial score (nSPS) is 24.0. The summed E-state index contributed by atoms with van der Waals surface area (Å²) in [6, 6.07) is 24.6. The van der Waals surface area contributed by atoms with Gasteiger partial charge in [-0.2, -0.15) is 0 Å². The zero-order valence-corrected chi connectivity index (χ0v) is 20.5. The van der Waals surface area contributed by atoms with Crippen LogP contribution < -0.4 is 0 Å². The number of carbonyl (C=O) groups is 4. The van der Waals surface area contributed by atoms with Crippen LogP contribution in [0.2, 0.25) is 0 Å². The molecule has 2 heterocycles. The highest BCUT2D eigenvalue weighted by atomic mass is 16.8. The summed E-state index contributed by atoms with van der Waals surface area (Å²) in [6.45, 7) is -0.772. The van der Waals surface area contributed by atoms with Gasteiger partial charge in [-0.15, -0.1) is 0 Å². The van der Waals surface area contributed by atoms with Gasteiger partial charge in [0.25, 0.3) is 0 Å². The highest BCUT2D eigenvalue weighted by Crippen LogP contribution is 2.32. The molecule has 5 rings (SSSR count). The van der Waals surface area contributed by atoms with Gasteiger partial charge in [0.05, 0.1) is 16.7 Å². The lowest BCUT2D eigenvalue weighted by Crippen LogP contribution is -2.64. The van der Waals surface area contributed by atoms with Crippen molar-refractivity contribution >= 4 is 23.9 Å².